The number of aromatic hydroxyl groups is 1. The molecule has 1 heterocycles. The number of hydrogen-bond donors (Lipinski definition) is 2. The molecule has 11 heteroatoms. The average Bonchev–Trinajstić information content (AvgIpc) is 3.10. The monoisotopic (exact) mass is 521 g/mol. The smallest absolute Gasteiger partial charge is 0.320 e. The van der Waals surface area contributed by atoms with Gasteiger partial charge >= 0.3 is 5.69 Å². The van der Waals surface area contributed by atoms with Crippen LogP contribution >= 0.6 is 31.9 Å². The first-order chi connectivity index (χ1) is 13.8. The van der Waals surface area contributed by atoms with E-state index >= 15 is 0 Å². The van der Waals surface area contributed by atoms with Crippen molar-refractivity contribution in [2.75, 3.05) is 0 Å². The predicted molar refractivity (Wildman–Crippen MR) is 113 cm³/mol. The Hall–Kier alpha value is -3.05. The van der Waals surface area contributed by atoms with Gasteiger partial charge in [0.2, 0.25) is 5.69 Å². The van der Waals surface area contributed by atoms with Gasteiger partial charge in [0.1, 0.15) is 11.9 Å². The fourth-order valence-corrected chi connectivity index (χ4v) is 3.05. The highest BCUT2D eigenvalue weighted by Gasteiger charge is 2.25. The predicted octanol–water partition coefficient (Wildman–Crippen LogP) is 3.83. The van der Waals surface area contributed by atoms with Gasteiger partial charge in [0.05, 0.1) is 17.7 Å². The molecule has 0 aliphatic rings. The van der Waals surface area contributed by atoms with E-state index in [4.69, 9.17) is 0 Å². The lowest BCUT2D eigenvalue weighted by molar-refractivity contribution is -0.385. The van der Waals surface area contributed by atoms with Gasteiger partial charge in [-0.3, -0.25) is 19.6 Å². The number of carbonyl (C=O) groups excluding carboxylic acids is 1. The molecule has 29 heavy (non-hydrogen) atoms. The molecule has 148 valence electrons. The Labute approximate surface area is 181 Å². The standard InChI is InChI=1S/C18H13Br2N5O4/c19-13-3-1-11(2-4-13)9-24-10-15(25(28)29)17(23-24)18(27)22-21-8-12-7-14(20)5-6-16(12)26/h1-8,10,26H,9H2,(H,22,27). The van der Waals surface area contributed by atoms with Crippen molar-refractivity contribution in [2.45, 2.75) is 6.54 Å². The molecule has 3 aromatic rings. The van der Waals surface area contributed by atoms with Gasteiger partial charge in [-0.15, -0.1) is 0 Å². The van der Waals surface area contributed by atoms with Gasteiger partial charge < -0.3 is 5.11 Å². The van der Waals surface area contributed by atoms with Gasteiger partial charge in [-0.1, -0.05) is 44.0 Å². The Morgan fingerprint density at radius 3 is 2.62 bits per heavy atom. The first kappa shape index (κ1) is 20.7. The molecule has 2 N–H and O–H groups in total. The second-order valence-corrected chi connectivity index (χ2v) is 7.68. The number of hydrazone groups is 1. The molecule has 0 bridgehead atoms. The van der Waals surface area contributed by atoms with E-state index in [-0.39, 0.29) is 18.0 Å². The topological polar surface area (TPSA) is 123 Å². The van der Waals surface area contributed by atoms with E-state index in [1.54, 1.807) is 12.1 Å². The van der Waals surface area contributed by atoms with Crippen molar-refractivity contribution in [3.63, 3.8) is 0 Å². The van der Waals surface area contributed by atoms with E-state index < -0.39 is 16.5 Å². The summed E-state index contributed by atoms with van der Waals surface area (Å²) in [5, 5.41) is 28.8. The summed E-state index contributed by atoms with van der Waals surface area (Å²) in [6.45, 7) is 0.260. The molecular formula is C18H13Br2N5O4. The van der Waals surface area contributed by atoms with E-state index in [0.717, 1.165) is 10.0 Å². The zero-order valence-corrected chi connectivity index (χ0v) is 17.8. The van der Waals surface area contributed by atoms with Crippen LogP contribution in [0.1, 0.15) is 21.6 Å². The number of benzene rings is 2. The molecule has 9 nitrogen and oxygen atoms in total. The van der Waals surface area contributed by atoms with Crippen LogP contribution in [-0.4, -0.2) is 31.9 Å². The number of aromatic nitrogens is 2. The SMILES string of the molecule is O=C(NN=Cc1cc(Br)ccc1O)c1nn(Cc2ccc(Br)cc2)cc1[N+](=O)[O-]. The van der Waals surface area contributed by atoms with Crippen molar-refractivity contribution in [3.8, 4) is 5.75 Å². The van der Waals surface area contributed by atoms with Gasteiger partial charge in [0, 0.05) is 14.5 Å². The minimum atomic E-state index is -0.836. The summed E-state index contributed by atoms with van der Waals surface area (Å²) >= 11 is 6.60. The molecule has 0 atom stereocenters. The van der Waals surface area contributed by atoms with Crippen molar-refractivity contribution >= 4 is 49.7 Å². The highest BCUT2D eigenvalue weighted by atomic mass is 79.9. The molecule has 0 unspecified atom stereocenters. The molecule has 1 aromatic heterocycles. The Bertz CT molecular complexity index is 1100. The quantitative estimate of drug-likeness (QED) is 0.289. The normalized spacial score (nSPS) is 11.0. The van der Waals surface area contributed by atoms with Gasteiger partial charge in [-0.2, -0.15) is 10.2 Å². The van der Waals surface area contributed by atoms with Crippen LogP contribution in [-0.2, 0) is 6.54 Å². The number of phenols is 1. The number of hydrogen-bond acceptors (Lipinski definition) is 6. The van der Waals surface area contributed by atoms with Crippen molar-refractivity contribution in [1.29, 1.82) is 0 Å². The van der Waals surface area contributed by atoms with Crippen LogP contribution in [0.4, 0.5) is 5.69 Å². The summed E-state index contributed by atoms with van der Waals surface area (Å²) in [7, 11) is 0. The molecule has 0 fully saturated rings. The maximum atomic E-state index is 12.3. The fraction of sp³-hybridized carbons (Fsp3) is 0.0556. The van der Waals surface area contributed by atoms with E-state index in [9.17, 15) is 20.0 Å². The second-order valence-electron chi connectivity index (χ2n) is 5.85. The minimum absolute atomic E-state index is 0.0315. The van der Waals surface area contributed by atoms with Crippen LogP contribution in [0.5, 0.6) is 5.75 Å². The van der Waals surface area contributed by atoms with E-state index in [1.165, 1.54) is 23.2 Å². The largest absolute Gasteiger partial charge is 0.507 e. The average molecular weight is 523 g/mol. The molecule has 0 spiro atoms. The van der Waals surface area contributed by atoms with Crippen molar-refractivity contribution in [1.82, 2.24) is 15.2 Å². The lowest BCUT2D eigenvalue weighted by atomic mass is 10.2. The Morgan fingerprint density at radius 1 is 1.24 bits per heavy atom. The number of halogens is 2. The maximum absolute atomic E-state index is 12.3. The first-order valence-electron chi connectivity index (χ1n) is 8.11. The highest BCUT2D eigenvalue weighted by molar-refractivity contribution is 9.10. The highest BCUT2D eigenvalue weighted by Crippen LogP contribution is 2.20. The van der Waals surface area contributed by atoms with Crippen molar-refractivity contribution < 1.29 is 14.8 Å². The Balaban J connectivity index is 1.77. The van der Waals surface area contributed by atoms with Crippen LogP contribution in [0, 0.1) is 10.1 Å². The number of nitrogens with zero attached hydrogens (tertiary/aromatic N) is 4. The molecule has 0 saturated heterocycles. The summed E-state index contributed by atoms with van der Waals surface area (Å²) < 4.78 is 2.94. The molecule has 1 amide bonds. The number of nitrogens with one attached hydrogen (secondary N) is 1. The third-order valence-corrected chi connectivity index (χ3v) is 4.79. The first-order valence-corrected chi connectivity index (χ1v) is 9.70. The maximum Gasteiger partial charge on any atom is 0.320 e. The third kappa shape index (κ3) is 5.27. The molecule has 0 radical (unpaired) electrons. The fourth-order valence-electron chi connectivity index (χ4n) is 2.41. The zero-order valence-electron chi connectivity index (χ0n) is 14.6. The summed E-state index contributed by atoms with van der Waals surface area (Å²) in [6, 6.07) is 12.1. The van der Waals surface area contributed by atoms with Crippen molar-refractivity contribution in [2.24, 2.45) is 5.10 Å². The number of nitro groups is 1. The van der Waals surface area contributed by atoms with Crippen LogP contribution in [0.25, 0.3) is 0 Å². The lowest BCUT2D eigenvalue weighted by Crippen LogP contribution is -2.19. The molecular weight excluding hydrogens is 510 g/mol. The van der Waals surface area contributed by atoms with Gasteiger partial charge in [0.25, 0.3) is 5.91 Å². The Kier molecular flexibility index (Phi) is 6.39. The molecule has 3 rings (SSSR count). The zero-order chi connectivity index (χ0) is 21.0. The molecule has 0 saturated carbocycles. The van der Waals surface area contributed by atoms with Crippen LogP contribution in [0.15, 0.2) is 62.7 Å². The summed E-state index contributed by atoms with van der Waals surface area (Å²) in [5.74, 6) is -0.868. The van der Waals surface area contributed by atoms with E-state index in [1.807, 2.05) is 24.3 Å². The van der Waals surface area contributed by atoms with Crippen LogP contribution in [0.2, 0.25) is 0 Å². The van der Waals surface area contributed by atoms with E-state index in [2.05, 4.69) is 47.5 Å². The summed E-state index contributed by atoms with van der Waals surface area (Å²) in [5.41, 5.74) is 2.62. The minimum Gasteiger partial charge on any atom is -0.507 e. The van der Waals surface area contributed by atoms with Crippen LogP contribution < -0.4 is 5.43 Å². The van der Waals surface area contributed by atoms with Gasteiger partial charge in [-0.05, 0) is 35.9 Å². The number of carbonyl (C=O) groups is 1. The number of amides is 1. The second kappa shape index (κ2) is 8.97. The lowest BCUT2D eigenvalue weighted by Gasteiger charge is -2.01. The van der Waals surface area contributed by atoms with Gasteiger partial charge in [0.15, 0.2) is 0 Å². The van der Waals surface area contributed by atoms with Gasteiger partial charge in [-0.25, -0.2) is 5.43 Å². The Morgan fingerprint density at radius 2 is 1.93 bits per heavy atom. The summed E-state index contributed by atoms with van der Waals surface area (Å²) in [4.78, 5) is 23.0. The molecule has 0 aliphatic carbocycles. The van der Waals surface area contributed by atoms with Crippen LogP contribution in [0.3, 0.4) is 0 Å². The third-order valence-electron chi connectivity index (χ3n) is 3.77. The summed E-state index contributed by atoms with van der Waals surface area (Å²) in [6.07, 6.45) is 2.42. The number of phenolic OH excluding ortho intramolecular Hbond substituents is 1. The molecule has 2 aromatic carbocycles. The van der Waals surface area contributed by atoms with Crippen molar-refractivity contribution in [3.05, 3.63) is 84.5 Å². The van der Waals surface area contributed by atoms with E-state index in [0.29, 0.717) is 10.0 Å². The number of rotatable bonds is 6. The molecule has 0 aliphatic heterocycles.